The van der Waals surface area contributed by atoms with Gasteiger partial charge in [-0.3, -0.25) is 14.2 Å². The van der Waals surface area contributed by atoms with Gasteiger partial charge in [0.2, 0.25) is 0 Å². The molecule has 2 atom stereocenters. The molecule has 0 radical (unpaired) electrons. The smallest absolute Gasteiger partial charge is 0.306 e. The number of hydrogen-bond acceptors (Lipinski definition) is 8. The van der Waals surface area contributed by atoms with Gasteiger partial charge in [0.15, 0.2) is 6.10 Å². The summed E-state index contributed by atoms with van der Waals surface area (Å²) >= 11 is 0. The molecule has 0 aliphatic rings. The number of esters is 2. The lowest BCUT2D eigenvalue weighted by Crippen LogP contribution is -2.37. The minimum Gasteiger partial charge on any atom is -0.756 e. The number of phosphoric acid groups is 1. The van der Waals surface area contributed by atoms with E-state index in [1.165, 1.54) is 57.8 Å². The van der Waals surface area contributed by atoms with Crippen molar-refractivity contribution in [1.82, 2.24) is 0 Å². The number of quaternary nitrogens is 1. The first-order valence-corrected chi connectivity index (χ1v) is 27.1. The highest BCUT2D eigenvalue weighted by molar-refractivity contribution is 7.45. The molecular formula is C56H94NO8P. The van der Waals surface area contributed by atoms with Crippen LogP contribution in [0.4, 0.5) is 0 Å². The summed E-state index contributed by atoms with van der Waals surface area (Å²) in [5.74, 6) is -0.912. The molecular weight excluding hydrogens is 846 g/mol. The van der Waals surface area contributed by atoms with Gasteiger partial charge in [0.05, 0.1) is 27.7 Å². The lowest BCUT2D eigenvalue weighted by Gasteiger charge is -2.28. The number of unbranched alkanes of at least 4 members (excludes halogenated alkanes) is 13. The highest BCUT2D eigenvalue weighted by Crippen LogP contribution is 2.38. The van der Waals surface area contributed by atoms with E-state index in [0.29, 0.717) is 30.3 Å². The Morgan fingerprint density at radius 2 is 0.833 bits per heavy atom. The lowest BCUT2D eigenvalue weighted by molar-refractivity contribution is -0.870. The first-order valence-electron chi connectivity index (χ1n) is 25.6. The van der Waals surface area contributed by atoms with Crippen LogP contribution >= 0.6 is 7.82 Å². The maximum absolute atomic E-state index is 12.7. The molecule has 0 heterocycles. The van der Waals surface area contributed by atoms with Crippen LogP contribution in [0.3, 0.4) is 0 Å². The van der Waals surface area contributed by atoms with Gasteiger partial charge in [-0.1, -0.05) is 187 Å². The molecule has 0 aliphatic heterocycles. The molecule has 0 rings (SSSR count). The average Bonchev–Trinajstić information content (AvgIpc) is 3.27. The van der Waals surface area contributed by atoms with E-state index in [0.717, 1.165) is 77.0 Å². The highest BCUT2D eigenvalue weighted by atomic mass is 31.2. The molecule has 0 aromatic heterocycles. The van der Waals surface area contributed by atoms with Crippen molar-refractivity contribution in [2.45, 2.75) is 187 Å². The Labute approximate surface area is 404 Å². The van der Waals surface area contributed by atoms with Crippen LogP contribution in [0.25, 0.3) is 0 Å². The summed E-state index contributed by atoms with van der Waals surface area (Å²) in [5.41, 5.74) is 0. The van der Waals surface area contributed by atoms with E-state index in [9.17, 15) is 19.0 Å². The highest BCUT2D eigenvalue weighted by Gasteiger charge is 2.21. The molecule has 0 aliphatic carbocycles. The number of hydrogen-bond donors (Lipinski definition) is 0. The Morgan fingerprint density at radius 1 is 0.470 bits per heavy atom. The van der Waals surface area contributed by atoms with Gasteiger partial charge in [-0.15, -0.1) is 0 Å². The zero-order valence-corrected chi connectivity index (χ0v) is 43.2. The van der Waals surface area contributed by atoms with Crippen LogP contribution in [-0.2, 0) is 32.7 Å². The molecule has 376 valence electrons. The Morgan fingerprint density at radius 3 is 1.26 bits per heavy atom. The number of allylic oxidation sites excluding steroid dienone is 18. The maximum atomic E-state index is 12.7. The largest absolute Gasteiger partial charge is 0.756 e. The molecule has 0 spiro atoms. The topological polar surface area (TPSA) is 111 Å². The van der Waals surface area contributed by atoms with Gasteiger partial charge >= 0.3 is 11.9 Å². The number of likely N-dealkylation sites (N-methyl/N-ethyl adjacent to an activating group) is 1. The standard InChI is InChI=1S/C56H94NO8P/c1-6-8-10-12-14-16-18-20-22-24-25-26-27-28-29-30-31-33-34-36-38-40-42-44-46-48-55(58)62-52-54(53-64-66(60,61)63-51-50-57(3,4)5)65-56(59)49-47-45-43-41-39-37-35-32-23-21-19-17-15-13-11-9-7-2/h8-11,14-17,20-23,25-26,35,37,41,43,54H,6-7,12-13,18-19,24,27-34,36,38-40,42,44-53H2,1-5H3/b10-8-,11-9-,16-14-,17-15-,22-20-,23-21-,26-25-,37-35-,43-41-. The van der Waals surface area contributed by atoms with E-state index in [1.54, 1.807) is 0 Å². The van der Waals surface area contributed by atoms with Gasteiger partial charge in [0.1, 0.15) is 19.8 Å². The van der Waals surface area contributed by atoms with Gasteiger partial charge in [-0.2, -0.15) is 0 Å². The van der Waals surface area contributed by atoms with Gasteiger partial charge in [0.25, 0.3) is 7.82 Å². The number of nitrogens with zero attached hydrogens (tertiary/aromatic N) is 1. The Balaban J connectivity index is 4.30. The minimum atomic E-state index is -4.65. The second kappa shape index (κ2) is 46.8. The van der Waals surface area contributed by atoms with Crippen molar-refractivity contribution in [3.63, 3.8) is 0 Å². The van der Waals surface area contributed by atoms with Gasteiger partial charge < -0.3 is 27.9 Å². The van der Waals surface area contributed by atoms with Crippen LogP contribution < -0.4 is 4.89 Å². The molecule has 66 heavy (non-hydrogen) atoms. The normalized spacial score (nSPS) is 14.3. The second-order valence-electron chi connectivity index (χ2n) is 17.8. The third-order valence-corrected chi connectivity index (χ3v) is 11.3. The van der Waals surface area contributed by atoms with Crippen molar-refractivity contribution in [3.05, 3.63) is 109 Å². The number of carbonyl (C=O) groups is 2. The van der Waals surface area contributed by atoms with E-state index in [2.05, 4.69) is 117 Å². The molecule has 0 aromatic carbocycles. The van der Waals surface area contributed by atoms with Gasteiger partial charge in [-0.25, -0.2) is 0 Å². The van der Waals surface area contributed by atoms with Crippen molar-refractivity contribution in [1.29, 1.82) is 0 Å². The summed E-state index contributed by atoms with van der Waals surface area (Å²) in [4.78, 5) is 37.7. The predicted molar refractivity (Wildman–Crippen MR) is 277 cm³/mol. The monoisotopic (exact) mass is 940 g/mol. The van der Waals surface area contributed by atoms with Gasteiger partial charge in [-0.05, 0) is 89.9 Å². The number of rotatable bonds is 45. The zero-order valence-electron chi connectivity index (χ0n) is 42.3. The van der Waals surface area contributed by atoms with Crippen LogP contribution in [0, 0.1) is 0 Å². The predicted octanol–water partition coefficient (Wildman–Crippen LogP) is 14.8. The van der Waals surface area contributed by atoms with E-state index in [1.807, 2.05) is 27.2 Å². The van der Waals surface area contributed by atoms with Crippen LogP contribution in [0.15, 0.2) is 109 Å². The fraction of sp³-hybridized carbons (Fsp3) is 0.643. The number of carbonyl (C=O) groups excluding carboxylic acids is 2. The minimum absolute atomic E-state index is 0.0475. The summed E-state index contributed by atoms with van der Waals surface area (Å²) in [5, 5.41) is 0. The van der Waals surface area contributed by atoms with E-state index in [-0.39, 0.29) is 26.1 Å². The fourth-order valence-electron chi connectivity index (χ4n) is 6.39. The summed E-state index contributed by atoms with van der Waals surface area (Å²) in [6.45, 7) is 3.92. The number of phosphoric ester groups is 1. The zero-order chi connectivity index (χ0) is 48.5. The van der Waals surface area contributed by atoms with Crippen molar-refractivity contribution in [2.75, 3.05) is 47.5 Å². The van der Waals surface area contributed by atoms with E-state index < -0.39 is 32.5 Å². The van der Waals surface area contributed by atoms with E-state index in [4.69, 9.17) is 18.5 Å². The van der Waals surface area contributed by atoms with Crippen molar-refractivity contribution in [3.8, 4) is 0 Å². The first kappa shape index (κ1) is 62.7. The summed E-state index contributed by atoms with van der Waals surface area (Å²) in [6, 6.07) is 0. The molecule has 0 amide bonds. The quantitative estimate of drug-likeness (QED) is 0.0195. The van der Waals surface area contributed by atoms with Gasteiger partial charge in [0, 0.05) is 12.8 Å². The molecule has 10 heteroatoms. The van der Waals surface area contributed by atoms with Crippen molar-refractivity contribution < 1.29 is 42.1 Å². The molecule has 9 nitrogen and oxygen atoms in total. The number of ether oxygens (including phenoxy) is 2. The molecule has 0 N–H and O–H groups in total. The van der Waals surface area contributed by atoms with Crippen LogP contribution in [0.5, 0.6) is 0 Å². The van der Waals surface area contributed by atoms with Crippen LogP contribution in [0.1, 0.15) is 181 Å². The first-order chi connectivity index (χ1) is 32.0. The maximum Gasteiger partial charge on any atom is 0.306 e. The summed E-state index contributed by atoms with van der Waals surface area (Å²) < 4.78 is 34.0. The molecule has 2 unspecified atom stereocenters. The average molecular weight is 940 g/mol. The Bertz CT molecular complexity index is 1480. The lowest BCUT2D eigenvalue weighted by atomic mass is 10.0. The molecule has 0 saturated heterocycles. The molecule has 0 aromatic rings. The molecule has 0 fully saturated rings. The van der Waals surface area contributed by atoms with Crippen LogP contribution in [-0.4, -0.2) is 70.0 Å². The third-order valence-electron chi connectivity index (χ3n) is 10.3. The summed E-state index contributed by atoms with van der Waals surface area (Å²) in [7, 11) is 1.11. The SMILES string of the molecule is CC/C=C\C/C=C\C/C=C\C/C=C\C/C=C\CCCC(=O)OC(COC(=O)CCCCCCCCCCCCCC/C=C\C/C=C\C/C=C\C/C=C\CC)COP(=O)([O-])OCC[N+](C)(C)C. The Kier molecular flexibility index (Phi) is 44.4. The fourth-order valence-corrected chi connectivity index (χ4v) is 7.12. The summed E-state index contributed by atoms with van der Waals surface area (Å²) in [6.07, 6.45) is 64.2. The molecule has 0 bridgehead atoms. The van der Waals surface area contributed by atoms with Crippen LogP contribution in [0.2, 0.25) is 0 Å². The van der Waals surface area contributed by atoms with Crippen molar-refractivity contribution in [2.24, 2.45) is 0 Å². The Hall–Kier alpha value is -3.33. The molecule has 0 saturated carbocycles. The van der Waals surface area contributed by atoms with E-state index >= 15 is 0 Å². The van der Waals surface area contributed by atoms with Crippen molar-refractivity contribution >= 4 is 19.8 Å². The third kappa shape index (κ3) is 50.1. The second-order valence-corrected chi connectivity index (χ2v) is 19.2.